The van der Waals surface area contributed by atoms with Crippen molar-refractivity contribution in [3.8, 4) is 0 Å². The van der Waals surface area contributed by atoms with E-state index in [1.165, 1.54) is 5.39 Å². The van der Waals surface area contributed by atoms with Crippen molar-refractivity contribution in [1.29, 1.82) is 0 Å². The standard InChI is InChI=1S/C20H17BrN2OS/c21-17-8-5-15(6-9-17)19-23(11-12-25-19)20(24)22-18-10-7-14-3-1-2-4-16(14)13-18/h1-10,13,19H,11-12H2,(H,22,24). The minimum atomic E-state index is -0.0480. The number of carbonyl (C=O) groups is 1. The molecule has 0 aromatic heterocycles. The van der Waals surface area contributed by atoms with Gasteiger partial charge in [0.15, 0.2) is 0 Å². The Bertz CT molecular complexity index is 913. The van der Waals surface area contributed by atoms with Gasteiger partial charge < -0.3 is 10.2 Å². The molecule has 0 bridgehead atoms. The van der Waals surface area contributed by atoms with E-state index in [1.807, 2.05) is 47.4 Å². The molecule has 4 rings (SSSR count). The summed E-state index contributed by atoms with van der Waals surface area (Å²) >= 11 is 5.26. The second-order valence-corrected chi connectivity index (χ2v) is 8.06. The molecule has 3 aromatic rings. The van der Waals surface area contributed by atoms with Gasteiger partial charge in [-0.05, 0) is 40.6 Å². The molecule has 1 fully saturated rings. The highest BCUT2D eigenvalue weighted by Gasteiger charge is 2.30. The maximum absolute atomic E-state index is 12.8. The number of hydrogen-bond donors (Lipinski definition) is 1. The summed E-state index contributed by atoms with van der Waals surface area (Å²) in [6, 6.07) is 22.3. The van der Waals surface area contributed by atoms with Gasteiger partial charge in [0.1, 0.15) is 5.37 Å². The van der Waals surface area contributed by atoms with E-state index in [4.69, 9.17) is 0 Å². The van der Waals surface area contributed by atoms with Crippen LogP contribution in [0.25, 0.3) is 10.8 Å². The Labute approximate surface area is 159 Å². The first-order valence-electron chi connectivity index (χ1n) is 8.14. The Balaban J connectivity index is 1.53. The van der Waals surface area contributed by atoms with Gasteiger partial charge in [-0.1, -0.05) is 58.4 Å². The van der Waals surface area contributed by atoms with Crippen molar-refractivity contribution in [3.05, 3.63) is 76.8 Å². The molecule has 3 nitrogen and oxygen atoms in total. The van der Waals surface area contributed by atoms with E-state index in [1.54, 1.807) is 11.8 Å². The maximum atomic E-state index is 12.8. The van der Waals surface area contributed by atoms with E-state index in [-0.39, 0.29) is 11.4 Å². The number of nitrogens with one attached hydrogen (secondary N) is 1. The molecular weight excluding hydrogens is 396 g/mol. The number of amides is 2. The molecule has 126 valence electrons. The number of urea groups is 1. The van der Waals surface area contributed by atoms with Crippen LogP contribution in [0.1, 0.15) is 10.9 Å². The average Bonchev–Trinajstić information content (AvgIpc) is 3.12. The van der Waals surface area contributed by atoms with E-state index >= 15 is 0 Å². The van der Waals surface area contributed by atoms with Gasteiger partial charge in [0.05, 0.1) is 0 Å². The highest BCUT2D eigenvalue weighted by atomic mass is 79.9. The Morgan fingerprint density at radius 3 is 2.60 bits per heavy atom. The van der Waals surface area contributed by atoms with Crippen molar-refractivity contribution in [1.82, 2.24) is 4.90 Å². The normalized spacial score (nSPS) is 17.0. The van der Waals surface area contributed by atoms with Gasteiger partial charge in [0.2, 0.25) is 0 Å². The smallest absolute Gasteiger partial charge is 0.308 e. The molecule has 0 saturated carbocycles. The fourth-order valence-electron chi connectivity index (χ4n) is 3.04. The summed E-state index contributed by atoms with van der Waals surface area (Å²) in [7, 11) is 0. The molecule has 3 aromatic carbocycles. The summed E-state index contributed by atoms with van der Waals surface area (Å²) in [5.41, 5.74) is 1.98. The van der Waals surface area contributed by atoms with Gasteiger partial charge in [0, 0.05) is 22.5 Å². The van der Waals surface area contributed by atoms with Crippen LogP contribution in [0.4, 0.5) is 10.5 Å². The molecule has 1 saturated heterocycles. The zero-order valence-electron chi connectivity index (χ0n) is 13.5. The fraction of sp³-hybridized carbons (Fsp3) is 0.150. The van der Waals surface area contributed by atoms with Crippen LogP contribution in [0.5, 0.6) is 0 Å². The average molecular weight is 413 g/mol. The Morgan fingerprint density at radius 1 is 1.04 bits per heavy atom. The monoisotopic (exact) mass is 412 g/mol. The van der Waals surface area contributed by atoms with E-state index in [0.717, 1.165) is 33.4 Å². The van der Waals surface area contributed by atoms with Gasteiger partial charge in [-0.2, -0.15) is 0 Å². The summed E-state index contributed by atoms with van der Waals surface area (Å²) in [4.78, 5) is 14.7. The van der Waals surface area contributed by atoms with E-state index in [0.29, 0.717) is 0 Å². The van der Waals surface area contributed by atoms with E-state index < -0.39 is 0 Å². The molecule has 5 heteroatoms. The topological polar surface area (TPSA) is 32.3 Å². The van der Waals surface area contributed by atoms with Crippen molar-refractivity contribution in [3.63, 3.8) is 0 Å². The summed E-state index contributed by atoms with van der Waals surface area (Å²) in [6.45, 7) is 0.755. The maximum Gasteiger partial charge on any atom is 0.323 e. The minimum Gasteiger partial charge on any atom is -0.308 e. The Kier molecular flexibility index (Phi) is 4.68. The molecular formula is C20H17BrN2OS. The molecule has 25 heavy (non-hydrogen) atoms. The van der Waals surface area contributed by atoms with Crippen LogP contribution < -0.4 is 5.32 Å². The van der Waals surface area contributed by atoms with E-state index in [2.05, 4.69) is 45.5 Å². The Hall–Kier alpha value is -1.98. The zero-order valence-corrected chi connectivity index (χ0v) is 15.9. The van der Waals surface area contributed by atoms with Crippen LogP contribution in [0.2, 0.25) is 0 Å². The summed E-state index contributed by atoms with van der Waals surface area (Å²) < 4.78 is 1.05. The highest BCUT2D eigenvalue weighted by Crippen LogP contribution is 2.38. The SMILES string of the molecule is O=C(Nc1ccc2ccccc2c1)N1CCSC1c1ccc(Br)cc1. The molecule has 0 radical (unpaired) electrons. The number of rotatable bonds is 2. The third kappa shape index (κ3) is 3.53. The fourth-order valence-corrected chi connectivity index (χ4v) is 4.56. The summed E-state index contributed by atoms with van der Waals surface area (Å²) in [6.07, 6.45) is 0. The highest BCUT2D eigenvalue weighted by molar-refractivity contribution is 9.10. The number of halogens is 1. The zero-order chi connectivity index (χ0) is 17.2. The van der Waals surface area contributed by atoms with Crippen LogP contribution in [0.3, 0.4) is 0 Å². The molecule has 1 atom stereocenters. The van der Waals surface area contributed by atoms with Crippen molar-refractivity contribution in [2.45, 2.75) is 5.37 Å². The van der Waals surface area contributed by atoms with Crippen molar-refractivity contribution >= 4 is 50.2 Å². The minimum absolute atomic E-state index is 0.0480. The van der Waals surface area contributed by atoms with Crippen LogP contribution >= 0.6 is 27.7 Å². The first-order chi connectivity index (χ1) is 12.2. The third-order valence-corrected chi connectivity index (χ3v) is 6.10. The second kappa shape index (κ2) is 7.10. The number of nitrogens with zero attached hydrogens (tertiary/aromatic N) is 1. The lowest BCUT2D eigenvalue weighted by Crippen LogP contribution is -2.34. The molecule has 0 aliphatic carbocycles. The number of fused-ring (bicyclic) bond motifs is 1. The van der Waals surface area contributed by atoms with Crippen LogP contribution in [0, 0.1) is 0 Å². The van der Waals surface area contributed by atoms with Gasteiger partial charge in [-0.15, -0.1) is 11.8 Å². The molecule has 1 N–H and O–H groups in total. The van der Waals surface area contributed by atoms with Gasteiger partial charge in [-0.25, -0.2) is 4.79 Å². The summed E-state index contributed by atoms with van der Waals surface area (Å²) in [5, 5.41) is 5.41. The van der Waals surface area contributed by atoms with Gasteiger partial charge in [-0.3, -0.25) is 0 Å². The molecule has 2 amide bonds. The lowest BCUT2D eigenvalue weighted by atomic mass is 10.1. The van der Waals surface area contributed by atoms with Crippen LogP contribution in [-0.2, 0) is 0 Å². The quantitative estimate of drug-likeness (QED) is 0.569. The molecule has 0 spiro atoms. The number of thioether (sulfide) groups is 1. The van der Waals surface area contributed by atoms with Crippen molar-refractivity contribution in [2.24, 2.45) is 0 Å². The first kappa shape index (κ1) is 16.5. The van der Waals surface area contributed by atoms with Crippen LogP contribution in [0.15, 0.2) is 71.2 Å². The van der Waals surface area contributed by atoms with Crippen molar-refractivity contribution in [2.75, 3.05) is 17.6 Å². The lowest BCUT2D eigenvalue weighted by molar-refractivity contribution is 0.214. The third-order valence-electron chi connectivity index (χ3n) is 4.31. The van der Waals surface area contributed by atoms with Crippen molar-refractivity contribution < 1.29 is 4.79 Å². The number of carbonyl (C=O) groups excluding carboxylic acids is 1. The van der Waals surface area contributed by atoms with E-state index in [9.17, 15) is 4.79 Å². The van der Waals surface area contributed by atoms with Gasteiger partial charge in [0.25, 0.3) is 0 Å². The molecule has 1 heterocycles. The largest absolute Gasteiger partial charge is 0.323 e. The molecule has 1 aliphatic rings. The number of benzene rings is 3. The summed E-state index contributed by atoms with van der Waals surface area (Å²) in [5.74, 6) is 0.950. The predicted molar refractivity (Wildman–Crippen MR) is 109 cm³/mol. The van der Waals surface area contributed by atoms with Crippen LogP contribution in [-0.4, -0.2) is 23.2 Å². The number of hydrogen-bond acceptors (Lipinski definition) is 2. The predicted octanol–water partition coefficient (Wildman–Crippen LogP) is 5.88. The molecule has 1 aliphatic heterocycles. The number of anilines is 1. The lowest BCUT2D eigenvalue weighted by Gasteiger charge is -2.24. The first-order valence-corrected chi connectivity index (χ1v) is 9.98. The molecule has 1 unspecified atom stereocenters. The Morgan fingerprint density at radius 2 is 1.80 bits per heavy atom. The second-order valence-electron chi connectivity index (χ2n) is 5.96. The van der Waals surface area contributed by atoms with Gasteiger partial charge >= 0.3 is 6.03 Å².